The minimum atomic E-state index is 0.318. The summed E-state index contributed by atoms with van der Waals surface area (Å²) in [7, 11) is 0. The molecule has 1 fully saturated rings. The molecule has 74 valence electrons. The third-order valence-corrected chi connectivity index (χ3v) is 2.68. The van der Waals surface area contributed by atoms with E-state index in [9.17, 15) is 4.79 Å². The minimum Gasteiger partial charge on any atom is -0.368 e. The van der Waals surface area contributed by atoms with Gasteiger partial charge >= 0.3 is 0 Å². The number of hydrogen-bond donors (Lipinski definition) is 0. The van der Waals surface area contributed by atoms with E-state index in [4.69, 9.17) is 0 Å². The first-order valence-electron chi connectivity index (χ1n) is 4.96. The van der Waals surface area contributed by atoms with E-state index < -0.39 is 0 Å². The topological polar surface area (TPSA) is 33.2 Å². The minimum absolute atomic E-state index is 0.318. The fourth-order valence-electron chi connectivity index (χ4n) is 1.93. The summed E-state index contributed by atoms with van der Waals surface area (Å²) in [4.78, 5) is 17.5. The highest BCUT2D eigenvalue weighted by atomic mass is 16.1. The maximum atomic E-state index is 11.2. The Labute approximate surface area is 83.8 Å². The quantitative estimate of drug-likeness (QED) is 0.675. The molecule has 1 aromatic rings. The summed E-state index contributed by atoms with van der Waals surface area (Å²) in [5.41, 5.74) is 1.17. The van der Waals surface area contributed by atoms with Crippen molar-refractivity contribution in [3.8, 4) is 0 Å². The Morgan fingerprint density at radius 2 is 2.14 bits per heavy atom. The van der Waals surface area contributed by atoms with Gasteiger partial charge in [-0.2, -0.15) is 0 Å². The largest absolute Gasteiger partial charge is 0.368 e. The van der Waals surface area contributed by atoms with Gasteiger partial charge in [0, 0.05) is 43.5 Å². The summed E-state index contributed by atoms with van der Waals surface area (Å²) in [5, 5.41) is 0. The Morgan fingerprint density at radius 1 is 1.43 bits per heavy atom. The van der Waals surface area contributed by atoms with Crippen molar-refractivity contribution in [2.24, 2.45) is 0 Å². The SMILES string of the molecule is CC1CC(=O)CCN1c1ccncc1. The van der Waals surface area contributed by atoms with Gasteiger partial charge in [0.05, 0.1) is 0 Å². The van der Waals surface area contributed by atoms with E-state index >= 15 is 0 Å². The van der Waals surface area contributed by atoms with E-state index in [1.54, 1.807) is 12.4 Å². The second-order valence-electron chi connectivity index (χ2n) is 3.74. The average molecular weight is 190 g/mol. The first kappa shape index (κ1) is 9.19. The highest BCUT2D eigenvalue weighted by molar-refractivity contribution is 5.81. The Kier molecular flexibility index (Phi) is 2.48. The lowest BCUT2D eigenvalue weighted by atomic mass is 10.0. The molecule has 3 heteroatoms. The zero-order valence-electron chi connectivity index (χ0n) is 8.31. The van der Waals surface area contributed by atoms with Gasteiger partial charge in [0.1, 0.15) is 5.78 Å². The van der Waals surface area contributed by atoms with Gasteiger partial charge in [-0.25, -0.2) is 0 Å². The van der Waals surface area contributed by atoms with Crippen molar-refractivity contribution in [2.45, 2.75) is 25.8 Å². The van der Waals surface area contributed by atoms with Crippen molar-refractivity contribution in [3.05, 3.63) is 24.5 Å². The third kappa shape index (κ3) is 1.76. The Morgan fingerprint density at radius 3 is 2.79 bits per heavy atom. The van der Waals surface area contributed by atoms with Crippen molar-refractivity contribution in [1.29, 1.82) is 0 Å². The van der Waals surface area contributed by atoms with Crippen molar-refractivity contribution in [3.63, 3.8) is 0 Å². The molecule has 14 heavy (non-hydrogen) atoms. The second-order valence-corrected chi connectivity index (χ2v) is 3.74. The molecule has 2 heterocycles. The molecule has 1 aromatic heterocycles. The van der Waals surface area contributed by atoms with Crippen LogP contribution in [0.4, 0.5) is 5.69 Å². The maximum Gasteiger partial charge on any atom is 0.136 e. The van der Waals surface area contributed by atoms with Crippen molar-refractivity contribution in [1.82, 2.24) is 4.98 Å². The van der Waals surface area contributed by atoms with Crippen LogP contribution in [0.5, 0.6) is 0 Å². The first-order chi connectivity index (χ1) is 6.77. The fourth-order valence-corrected chi connectivity index (χ4v) is 1.93. The van der Waals surface area contributed by atoms with Crippen LogP contribution in [0.3, 0.4) is 0 Å². The molecule has 0 amide bonds. The van der Waals surface area contributed by atoms with Crippen LogP contribution in [0, 0.1) is 0 Å². The Bertz CT molecular complexity index is 323. The average Bonchev–Trinajstić information content (AvgIpc) is 2.19. The molecular weight excluding hydrogens is 176 g/mol. The van der Waals surface area contributed by atoms with Crippen molar-refractivity contribution < 1.29 is 4.79 Å². The van der Waals surface area contributed by atoms with Gasteiger partial charge in [-0.1, -0.05) is 0 Å². The normalized spacial score (nSPS) is 22.5. The van der Waals surface area contributed by atoms with Crippen molar-refractivity contribution >= 4 is 11.5 Å². The molecule has 0 aliphatic carbocycles. The number of rotatable bonds is 1. The van der Waals surface area contributed by atoms with E-state index in [0.29, 0.717) is 24.7 Å². The van der Waals surface area contributed by atoms with Crippen LogP contribution in [0.2, 0.25) is 0 Å². The van der Waals surface area contributed by atoms with Crippen LogP contribution in [-0.4, -0.2) is 23.4 Å². The lowest BCUT2D eigenvalue weighted by Crippen LogP contribution is -2.41. The van der Waals surface area contributed by atoms with E-state index in [-0.39, 0.29) is 0 Å². The summed E-state index contributed by atoms with van der Waals surface area (Å²) in [5.74, 6) is 0.378. The zero-order valence-corrected chi connectivity index (χ0v) is 8.31. The molecular formula is C11H14N2O. The van der Waals surface area contributed by atoms with E-state index in [1.807, 2.05) is 12.1 Å². The smallest absolute Gasteiger partial charge is 0.136 e. The highest BCUT2D eigenvalue weighted by Crippen LogP contribution is 2.21. The van der Waals surface area contributed by atoms with Crippen molar-refractivity contribution in [2.75, 3.05) is 11.4 Å². The molecule has 0 radical (unpaired) electrons. The van der Waals surface area contributed by atoms with Crippen LogP contribution >= 0.6 is 0 Å². The molecule has 1 aliphatic heterocycles. The molecule has 1 unspecified atom stereocenters. The summed E-state index contributed by atoms with van der Waals surface area (Å²) in [6, 6.07) is 4.30. The maximum absolute atomic E-state index is 11.2. The number of piperidine rings is 1. The first-order valence-corrected chi connectivity index (χ1v) is 4.96. The van der Waals surface area contributed by atoms with Gasteiger partial charge in [0.15, 0.2) is 0 Å². The van der Waals surface area contributed by atoms with E-state index in [2.05, 4.69) is 16.8 Å². The molecule has 0 spiro atoms. The molecule has 2 rings (SSSR count). The number of carbonyl (C=O) groups excluding carboxylic acids is 1. The van der Waals surface area contributed by atoms with Gasteiger partial charge in [0.25, 0.3) is 0 Å². The molecule has 1 aliphatic rings. The standard InChI is InChI=1S/C11H14N2O/c1-9-8-11(14)4-7-13(9)10-2-5-12-6-3-10/h2-3,5-6,9H,4,7-8H2,1H3. The van der Waals surface area contributed by atoms with Crippen LogP contribution in [0.25, 0.3) is 0 Å². The van der Waals surface area contributed by atoms with Crippen LogP contribution in [0.15, 0.2) is 24.5 Å². The van der Waals surface area contributed by atoms with Crippen LogP contribution < -0.4 is 4.90 Å². The number of nitrogens with zero attached hydrogens (tertiary/aromatic N) is 2. The number of pyridine rings is 1. The lowest BCUT2D eigenvalue weighted by molar-refractivity contribution is -0.120. The van der Waals surface area contributed by atoms with Crippen LogP contribution in [0.1, 0.15) is 19.8 Å². The van der Waals surface area contributed by atoms with Gasteiger partial charge in [0.2, 0.25) is 0 Å². The van der Waals surface area contributed by atoms with Gasteiger partial charge in [-0.15, -0.1) is 0 Å². The molecule has 0 saturated carbocycles. The fraction of sp³-hybridized carbons (Fsp3) is 0.455. The number of carbonyl (C=O) groups is 1. The van der Waals surface area contributed by atoms with Crippen LogP contribution in [-0.2, 0) is 4.79 Å². The molecule has 1 saturated heterocycles. The molecule has 0 bridgehead atoms. The monoisotopic (exact) mass is 190 g/mol. The predicted molar refractivity (Wildman–Crippen MR) is 55.3 cm³/mol. The highest BCUT2D eigenvalue weighted by Gasteiger charge is 2.23. The van der Waals surface area contributed by atoms with E-state index in [0.717, 1.165) is 6.54 Å². The number of aromatic nitrogens is 1. The van der Waals surface area contributed by atoms with E-state index in [1.165, 1.54) is 5.69 Å². The lowest BCUT2D eigenvalue weighted by Gasteiger charge is -2.34. The van der Waals surface area contributed by atoms with Gasteiger partial charge < -0.3 is 4.90 Å². The number of ketones is 1. The summed E-state index contributed by atoms with van der Waals surface area (Å²) in [6.07, 6.45) is 4.92. The summed E-state index contributed by atoms with van der Waals surface area (Å²) < 4.78 is 0. The van der Waals surface area contributed by atoms with Gasteiger partial charge in [-0.05, 0) is 19.1 Å². The number of anilines is 1. The molecule has 0 N–H and O–H groups in total. The molecule has 1 atom stereocenters. The predicted octanol–water partition coefficient (Wildman–Crippen LogP) is 1.64. The summed E-state index contributed by atoms with van der Waals surface area (Å²) in [6.45, 7) is 2.93. The Hall–Kier alpha value is -1.38. The molecule has 3 nitrogen and oxygen atoms in total. The number of Topliss-reactive ketones (excluding diaryl/α,β-unsaturated/α-hetero) is 1. The summed E-state index contributed by atoms with van der Waals surface area (Å²) >= 11 is 0. The second kappa shape index (κ2) is 3.78. The zero-order chi connectivity index (χ0) is 9.97. The number of hydrogen-bond acceptors (Lipinski definition) is 3. The van der Waals surface area contributed by atoms with Gasteiger partial charge in [-0.3, -0.25) is 9.78 Å². The molecule has 0 aromatic carbocycles. The third-order valence-electron chi connectivity index (χ3n) is 2.68. The Balaban J connectivity index is 2.16.